The number of aryl methyl sites for hydroxylation is 1. The molecule has 3 aromatic carbocycles. The van der Waals surface area contributed by atoms with E-state index in [1.54, 1.807) is 0 Å². The van der Waals surface area contributed by atoms with Crippen molar-refractivity contribution in [3.63, 3.8) is 0 Å². The van der Waals surface area contributed by atoms with Crippen LogP contribution >= 0.6 is 0 Å². The molecule has 3 rings (SSSR count). The van der Waals surface area contributed by atoms with Crippen molar-refractivity contribution in [1.29, 1.82) is 0 Å². The maximum Gasteiger partial charge on any atom is 0.262 e. The fourth-order valence-electron chi connectivity index (χ4n) is 3.19. The van der Waals surface area contributed by atoms with E-state index in [1.165, 1.54) is 0 Å². The van der Waals surface area contributed by atoms with E-state index in [4.69, 9.17) is 9.84 Å². The van der Waals surface area contributed by atoms with E-state index in [-0.39, 0.29) is 19.1 Å². The number of unbranched alkanes of at least 4 members (excludes halogenated alkanes) is 1. The Hall–Kier alpha value is -2.89. The molecule has 3 aromatic rings. The molecule has 0 radical (unpaired) electrons. The van der Waals surface area contributed by atoms with Crippen molar-refractivity contribution < 1.29 is 14.6 Å². The summed E-state index contributed by atoms with van der Waals surface area (Å²) >= 11 is 0. The smallest absolute Gasteiger partial charge is 0.262 e. The molecular formula is C24H28N2O3. The lowest BCUT2D eigenvalue weighted by molar-refractivity contribution is -0.118. The molecule has 0 spiro atoms. The molecule has 0 heterocycles. The minimum atomic E-state index is -0.191. The number of amides is 1. The SMILES string of the molecule is Cc1ccc(NC(=O)COc2ccc3ccccc3c2CNCCCCO)cc1. The molecule has 29 heavy (non-hydrogen) atoms. The lowest BCUT2D eigenvalue weighted by Crippen LogP contribution is -2.21. The number of hydrogen-bond acceptors (Lipinski definition) is 4. The molecule has 5 heteroatoms. The van der Waals surface area contributed by atoms with Crippen LogP contribution in [0.15, 0.2) is 60.7 Å². The number of ether oxygens (including phenoxy) is 1. The van der Waals surface area contributed by atoms with E-state index in [0.717, 1.165) is 47.0 Å². The molecule has 0 aliphatic heterocycles. The summed E-state index contributed by atoms with van der Waals surface area (Å²) in [6.45, 7) is 3.62. The largest absolute Gasteiger partial charge is 0.483 e. The van der Waals surface area contributed by atoms with Crippen LogP contribution < -0.4 is 15.4 Å². The van der Waals surface area contributed by atoms with E-state index in [1.807, 2.05) is 55.5 Å². The van der Waals surface area contributed by atoms with Gasteiger partial charge in [-0.05, 0) is 55.3 Å². The number of rotatable bonds is 10. The highest BCUT2D eigenvalue weighted by Gasteiger charge is 2.11. The van der Waals surface area contributed by atoms with Crippen LogP contribution in [-0.2, 0) is 11.3 Å². The van der Waals surface area contributed by atoms with Crippen molar-refractivity contribution in [1.82, 2.24) is 5.32 Å². The Bertz CT molecular complexity index is 939. The summed E-state index contributed by atoms with van der Waals surface area (Å²) in [4.78, 5) is 12.3. The third-order valence-electron chi connectivity index (χ3n) is 4.76. The van der Waals surface area contributed by atoms with E-state index in [2.05, 4.69) is 22.8 Å². The second kappa shape index (κ2) is 10.6. The molecule has 0 atom stereocenters. The first-order chi connectivity index (χ1) is 14.2. The topological polar surface area (TPSA) is 70.6 Å². The van der Waals surface area contributed by atoms with Gasteiger partial charge in [0, 0.05) is 24.4 Å². The molecule has 152 valence electrons. The molecular weight excluding hydrogens is 364 g/mol. The van der Waals surface area contributed by atoms with Crippen LogP contribution in [0.3, 0.4) is 0 Å². The molecule has 1 amide bonds. The lowest BCUT2D eigenvalue weighted by Gasteiger charge is -2.15. The van der Waals surface area contributed by atoms with Crippen LogP contribution in [0.25, 0.3) is 10.8 Å². The number of anilines is 1. The van der Waals surface area contributed by atoms with Gasteiger partial charge in [0.2, 0.25) is 0 Å². The van der Waals surface area contributed by atoms with Crippen LogP contribution in [0.5, 0.6) is 5.75 Å². The minimum absolute atomic E-state index is 0.0519. The van der Waals surface area contributed by atoms with Crippen molar-refractivity contribution in [3.05, 3.63) is 71.8 Å². The molecule has 0 aliphatic rings. The predicted octanol–water partition coefficient (Wildman–Crippen LogP) is 4.03. The van der Waals surface area contributed by atoms with Crippen molar-refractivity contribution in [2.24, 2.45) is 0 Å². The standard InChI is InChI=1S/C24H28N2O3/c1-18-8-11-20(12-9-18)26-24(28)17-29-23-13-10-19-6-2-3-7-21(19)22(23)16-25-14-4-5-15-27/h2-3,6-13,25,27H,4-5,14-17H2,1H3,(H,26,28). The van der Waals surface area contributed by atoms with Gasteiger partial charge in [0.1, 0.15) is 5.75 Å². The van der Waals surface area contributed by atoms with Crippen LogP contribution in [0, 0.1) is 6.92 Å². The van der Waals surface area contributed by atoms with Gasteiger partial charge in [-0.1, -0.05) is 48.0 Å². The highest BCUT2D eigenvalue weighted by atomic mass is 16.5. The predicted molar refractivity (Wildman–Crippen MR) is 117 cm³/mol. The Balaban J connectivity index is 1.67. The minimum Gasteiger partial charge on any atom is -0.483 e. The molecule has 3 N–H and O–H groups in total. The van der Waals surface area contributed by atoms with Gasteiger partial charge in [-0.3, -0.25) is 4.79 Å². The lowest BCUT2D eigenvalue weighted by atomic mass is 10.0. The molecule has 5 nitrogen and oxygen atoms in total. The molecule has 0 aliphatic carbocycles. The third kappa shape index (κ3) is 6.04. The number of benzene rings is 3. The zero-order valence-electron chi connectivity index (χ0n) is 16.8. The average molecular weight is 392 g/mol. The molecule has 0 fully saturated rings. The van der Waals surface area contributed by atoms with E-state index in [9.17, 15) is 4.79 Å². The van der Waals surface area contributed by atoms with Crippen molar-refractivity contribution in [2.45, 2.75) is 26.3 Å². The number of hydrogen-bond donors (Lipinski definition) is 3. The summed E-state index contributed by atoms with van der Waals surface area (Å²) in [7, 11) is 0. The monoisotopic (exact) mass is 392 g/mol. The Morgan fingerprint density at radius 2 is 1.79 bits per heavy atom. The number of nitrogens with one attached hydrogen (secondary N) is 2. The second-order valence-electron chi connectivity index (χ2n) is 7.07. The quantitative estimate of drug-likeness (QED) is 0.456. The van der Waals surface area contributed by atoms with Crippen molar-refractivity contribution >= 4 is 22.4 Å². The summed E-state index contributed by atoms with van der Waals surface area (Å²) in [6.07, 6.45) is 1.70. The maximum atomic E-state index is 12.3. The molecule has 0 saturated heterocycles. The van der Waals surface area contributed by atoms with Crippen LogP contribution in [-0.4, -0.2) is 30.8 Å². The van der Waals surface area contributed by atoms with E-state index >= 15 is 0 Å². The summed E-state index contributed by atoms with van der Waals surface area (Å²) in [5.74, 6) is 0.515. The average Bonchev–Trinajstić information content (AvgIpc) is 2.74. The molecule has 0 bridgehead atoms. The zero-order valence-corrected chi connectivity index (χ0v) is 16.8. The summed E-state index contributed by atoms with van der Waals surface area (Å²) < 4.78 is 5.89. The first-order valence-corrected chi connectivity index (χ1v) is 9.99. The van der Waals surface area contributed by atoms with Crippen LogP contribution in [0.4, 0.5) is 5.69 Å². The van der Waals surface area contributed by atoms with Gasteiger partial charge in [-0.25, -0.2) is 0 Å². The van der Waals surface area contributed by atoms with Crippen LogP contribution in [0.1, 0.15) is 24.0 Å². The van der Waals surface area contributed by atoms with Gasteiger partial charge < -0.3 is 20.5 Å². The van der Waals surface area contributed by atoms with Gasteiger partial charge >= 0.3 is 0 Å². The van der Waals surface area contributed by atoms with Gasteiger partial charge in [-0.2, -0.15) is 0 Å². The zero-order chi connectivity index (χ0) is 20.5. The molecule has 0 aromatic heterocycles. The van der Waals surface area contributed by atoms with E-state index < -0.39 is 0 Å². The fraction of sp³-hybridized carbons (Fsp3) is 0.292. The second-order valence-corrected chi connectivity index (χ2v) is 7.07. The summed E-state index contributed by atoms with van der Waals surface area (Å²) in [6, 6.07) is 19.8. The molecule has 0 unspecified atom stereocenters. The van der Waals surface area contributed by atoms with Crippen molar-refractivity contribution in [3.8, 4) is 5.75 Å². The summed E-state index contributed by atoms with van der Waals surface area (Å²) in [5.41, 5.74) is 2.94. The molecule has 0 saturated carbocycles. The van der Waals surface area contributed by atoms with Gasteiger partial charge in [0.15, 0.2) is 6.61 Å². The highest BCUT2D eigenvalue weighted by molar-refractivity contribution is 5.92. The van der Waals surface area contributed by atoms with Gasteiger partial charge in [0.05, 0.1) is 0 Å². The Kier molecular flexibility index (Phi) is 7.61. The maximum absolute atomic E-state index is 12.3. The van der Waals surface area contributed by atoms with Crippen molar-refractivity contribution in [2.75, 3.05) is 25.1 Å². The Morgan fingerprint density at radius 1 is 1.00 bits per heavy atom. The number of fused-ring (bicyclic) bond motifs is 1. The van der Waals surface area contributed by atoms with Crippen LogP contribution in [0.2, 0.25) is 0 Å². The first-order valence-electron chi connectivity index (χ1n) is 9.99. The van der Waals surface area contributed by atoms with Gasteiger partial charge in [-0.15, -0.1) is 0 Å². The van der Waals surface area contributed by atoms with Gasteiger partial charge in [0.25, 0.3) is 5.91 Å². The number of aliphatic hydroxyl groups excluding tert-OH is 1. The number of carbonyl (C=O) groups excluding carboxylic acids is 1. The van der Waals surface area contributed by atoms with E-state index in [0.29, 0.717) is 12.3 Å². The number of aliphatic hydroxyl groups is 1. The Morgan fingerprint density at radius 3 is 2.59 bits per heavy atom. The number of carbonyl (C=O) groups is 1. The Labute approximate surface area is 171 Å². The fourth-order valence-corrected chi connectivity index (χ4v) is 3.19. The summed E-state index contributed by atoms with van der Waals surface area (Å²) in [5, 5.41) is 17.4. The first kappa shape index (κ1) is 20.8. The highest BCUT2D eigenvalue weighted by Crippen LogP contribution is 2.28. The third-order valence-corrected chi connectivity index (χ3v) is 4.76. The normalized spacial score (nSPS) is 10.8.